The molecular formula is C13H23IN2O3. The van der Waals surface area contributed by atoms with Gasteiger partial charge < -0.3 is 4.90 Å². The Labute approximate surface area is 129 Å². The average Bonchev–Trinajstić information content (AvgIpc) is 2.34. The van der Waals surface area contributed by atoms with Crippen molar-refractivity contribution in [3.05, 3.63) is 0 Å². The number of halogens is 1. The molecule has 0 saturated carbocycles. The van der Waals surface area contributed by atoms with Gasteiger partial charge >= 0.3 is 0 Å². The van der Waals surface area contributed by atoms with Crippen LogP contribution < -0.4 is 3.53 Å². The molecule has 0 spiro atoms. The maximum absolute atomic E-state index is 12.0. The van der Waals surface area contributed by atoms with Crippen LogP contribution in [0.15, 0.2) is 0 Å². The Hall–Kier alpha value is -0.500. The number of nitrogens with one attached hydrogen (secondary N) is 1. The minimum atomic E-state index is -0.346. The third kappa shape index (κ3) is 6.47. The molecule has 19 heavy (non-hydrogen) atoms. The summed E-state index contributed by atoms with van der Waals surface area (Å²) < 4.78 is 2.86. The lowest BCUT2D eigenvalue weighted by atomic mass is 10.0. The molecule has 0 aromatic rings. The lowest BCUT2D eigenvalue weighted by Crippen LogP contribution is -2.42. The molecule has 0 radical (unpaired) electrons. The summed E-state index contributed by atoms with van der Waals surface area (Å²) in [4.78, 5) is 36.3. The molecule has 1 amide bonds. The molecule has 0 bridgehead atoms. The van der Waals surface area contributed by atoms with Gasteiger partial charge in [-0.1, -0.05) is 13.3 Å². The zero-order chi connectivity index (χ0) is 15.0. The molecule has 0 aromatic carbocycles. The first-order chi connectivity index (χ1) is 8.84. The van der Waals surface area contributed by atoms with Gasteiger partial charge in [0.2, 0.25) is 5.91 Å². The average molecular weight is 382 g/mol. The van der Waals surface area contributed by atoms with Gasteiger partial charge in [-0.2, -0.15) is 0 Å². The van der Waals surface area contributed by atoms with Crippen molar-refractivity contribution in [2.24, 2.45) is 0 Å². The van der Waals surface area contributed by atoms with Gasteiger partial charge in [0.25, 0.3) is 0 Å². The second kappa shape index (κ2) is 9.41. The topological polar surface area (TPSA) is 66.5 Å². The van der Waals surface area contributed by atoms with Crippen molar-refractivity contribution in [3.8, 4) is 0 Å². The number of hydrogen-bond donors (Lipinski definition) is 1. The molecule has 0 aliphatic rings. The third-order valence-corrected chi connectivity index (χ3v) is 3.91. The summed E-state index contributed by atoms with van der Waals surface area (Å²) >= 11 is 1.92. The van der Waals surface area contributed by atoms with Gasteiger partial charge in [0.05, 0.1) is 12.1 Å². The quantitative estimate of drug-likeness (QED) is 0.489. The number of ketones is 2. The van der Waals surface area contributed by atoms with Crippen molar-refractivity contribution in [1.29, 1.82) is 0 Å². The number of Topliss-reactive ketones (excluding diaryl/α,β-unsaturated/α-hetero) is 2. The normalized spacial score (nSPS) is 13.7. The highest BCUT2D eigenvalue weighted by atomic mass is 127. The number of nitrogens with zero attached hydrogens (tertiary/aromatic N) is 1. The molecule has 110 valence electrons. The Balaban J connectivity index is 4.47. The summed E-state index contributed by atoms with van der Waals surface area (Å²) in [5.74, 6) is -0.0686. The van der Waals surface area contributed by atoms with Crippen molar-refractivity contribution >= 4 is 40.3 Å². The Morgan fingerprint density at radius 1 is 1.16 bits per heavy atom. The summed E-state index contributed by atoms with van der Waals surface area (Å²) in [6.45, 7) is 4.99. The van der Waals surface area contributed by atoms with Gasteiger partial charge in [-0.25, -0.2) is 0 Å². The molecule has 5 nitrogen and oxygen atoms in total. The van der Waals surface area contributed by atoms with E-state index in [4.69, 9.17) is 0 Å². The minimum absolute atomic E-state index is 0.00725. The highest BCUT2D eigenvalue weighted by Gasteiger charge is 2.24. The second-order valence-corrected chi connectivity index (χ2v) is 5.35. The van der Waals surface area contributed by atoms with E-state index in [1.165, 1.54) is 18.7 Å². The van der Waals surface area contributed by atoms with Crippen LogP contribution in [0, 0.1) is 0 Å². The SMILES string of the molecule is CCCC(C(C)=O)N(C)C(=O)CCC(NI)C(C)=O. The fourth-order valence-corrected chi connectivity index (χ4v) is 2.65. The molecule has 0 aliphatic heterocycles. The van der Waals surface area contributed by atoms with E-state index in [0.29, 0.717) is 12.8 Å². The Kier molecular flexibility index (Phi) is 9.16. The molecule has 0 fully saturated rings. The summed E-state index contributed by atoms with van der Waals surface area (Å²) in [6, 6.07) is -0.652. The highest BCUT2D eigenvalue weighted by Crippen LogP contribution is 2.10. The van der Waals surface area contributed by atoms with Gasteiger partial charge in [0, 0.05) is 36.3 Å². The molecular weight excluding hydrogens is 359 g/mol. The summed E-state index contributed by atoms with van der Waals surface area (Å²) in [7, 11) is 1.66. The molecule has 1 N–H and O–H groups in total. The van der Waals surface area contributed by atoms with Crippen molar-refractivity contribution in [3.63, 3.8) is 0 Å². The van der Waals surface area contributed by atoms with Gasteiger partial charge in [0.15, 0.2) is 5.78 Å². The van der Waals surface area contributed by atoms with E-state index < -0.39 is 0 Å². The third-order valence-electron chi connectivity index (χ3n) is 3.16. The lowest BCUT2D eigenvalue weighted by Gasteiger charge is -2.26. The largest absolute Gasteiger partial charge is 0.336 e. The zero-order valence-corrected chi connectivity index (χ0v) is 14.2. The van der Waals surface area contributed by atoms with Gasteiger partial charge in [-0.3, -0.25) is 17.9 Å². The van der Waals surface area contributed by atoms with E-state index >= 15 is 0 Å². The fraction of sp³-hybridized carbons (Fsp3) is 0.769. The van der Waals surface area contributed by atoms with Crippen molar-refractivity contribution in [2.45, 2.75) is 58.5 Å². The zero-order valence-electron chi connectivity index (χ0n) is 12.0. The molecule has 0 heterocycles. The minimum Gasteiger partial charge on any atom is -0.336 e. The van der Waals surface area contributed by atoms with Crippen LogP contribution in [-0.4, -0.2) is 41.5 Å². The number of hydrogen-bond acceptors (Lipinski definition) is 4. The number of carbonyl (C=O) groups is 3. The van der Waals surface area contributed by atoms with Crippen LogP contribution in [0.1, 0.15) is 46.5 Å². The van der Waals surface area contributed by atoms with E-state index in [1.54, 1.807) is 7.05 Å². The van der Waals surface area contributed by atoms with E-state index in [1.807, 2.05) is 29.8 Å². The Morgan fingerprint density at radius 2 is 1.74 bits per heavy atom. The molecule has 6 heteroatoms. The van der Waals surface area contributed by atoms with Gasteiger partial charge in [0.1, 0.15) is 5.78 Å². The number of amides is 1. The number of likely N-dealkylation sites (N-methyl/N-ethyl adjacent to an activating group) is 1. The smallest absolute Gasteiger partial charge is 0.222 e. The van der Waals surface area contributed by atoms with Crippen LogP contribution in [-0.2, 0) is 14.4 Å². The second-order valence-electron chi connectivity index (χ2n) is 4.73. The maximum atomic E-state index is 12.0. The first-order valence-corrected chi connectivity index (χ1v) is 7.55. The van der Waals surface area contributed by atoms with Gasteiger partial charge in [-0.15, -0.1) is 0 Å². The molecule has 2 unspecified atom stereocenters. The first-order valence-electron chi connectivity index (χ1n) is 6.47. The van der Waals surface area contributed by atoms with Crippen LogP contribution in [0.25, 0.3) is 0 Å². The predicted octanol–water partition coefficient (Wildman–Crippen LogP) is 1.88. The first kappa shape index (κ1) is 18.5. The van der Waals surface area contributed by atoms with E-state index in [9.17, 15) is 14.4 Å². The maximum Gasteiger partial charge on any atom is 0.222 e. The monoisotopic (exact) mass is 382 g/mol. The van der Waals surface area contributed by atoms with Crippen LogP contribution >= 0.6 is 22.9 Å². The van der Waals surface area contributed by atoms with Crippen LogP contribution in [0.2, 0.25) is 0 Å². The van der Waals surface area contributed by atoms with Crippen LogP contribution in [0.3, 0.4) is 0 Å². The molecule has 0 rings (SSSR count). The lowest BCUT2D eigenvalue weighted by molar-refractivity contribution is -0.137. The predicted molar refractivity (Wildman–Crippen MR) is 83.0 cm³/mol. The van der Waals surface area contributed by atoms with E-state index in [-0.39, 0.29) is 36.0 Å². The van der Waals surface area contributed by atoms with Crippen molar-refractivity contribution < 1.29 is 14.4 Å². The number of carbonyl (C=O) groups excluding carboxylic acids is 3. The summed E-state index contributed by atoms with van der Waals surface area (Å²) in [5.41, 5.74) is 0. The summed E-state index contributed by atoms with van der Waals surface area (Å²) in [6.07, 6.45) is 2.26. The van der Waals surface area contributed by atoms with Crippen molar-refractivity contribution in [1.82, 2.24) is 8.43 Å². The van der Waals surface area contributed by atoms with Gasteiger partial charge in [-0.05, 0) is 26.7 Å². The fourth-order valence-electron chi connectivity index (χ4n) is 1.90. The van der Waals surface area contributed by atoms with Crippen LogP contribution in [0.4, 0.5) is 0 Å². The molecule has 0 saturated heterocycles. The number of rotatable bonds is 9. The Bertz CT molecular complexity index is 334. The highest BCUT2D eigenvalue weighted by molar-refractivity contribution is 14.1. The van der Waals surface area contributed by atoms with E-state index in [0.717, 1.165) is 6.42 Å². The molecule has 2 atom stereocenters. The van der Waals surface area contributed by atoms with Crippen LogP contribution in [0.5, 0.6) is 0 Å². The van der Waals surface area contributed by atoms with Crippen molar-refractivity contribution in [2.75, 3.05) is 7.05 Å². The van der Waals surface area contributed by atoms with E-state index in [2.05, 4.69) is 3.53 Å². The Morgan fingerprint density at radius 3 is 2.11 bits per heavy atom. The standard InChI is InChI=1S/C13H23IN2O3/c1-5-6-12(10(3)18)16(4)13(19)8-7-11(15-14)9(2)17/h11-12,15H,5-8H2,1-4H3. The summed E-state index contributed by atoms with van der Waals surface area (Å²) in [5, 5.41) is 0. The molecule has 0 aromatic heterocycles. The molecule has 0 aliphatic carbocycles.